The Balaban J connectivity index is 2.82. The summed E-state index contributed by atoms with van der Waals surface area (Å²) in [6.45, 7) is 0.369. The number of halogens is 1. The van der Waals surface area contributed by atoms with Gasteiger partial charge >= 0.3 is 0 Å². The average Bonchev–Trinajstić information content (AvgIpc) is 2.39. The van der Waals surface area contributed by atoms with Gasteiger partial charge in [0, 0.05) is 24.1 Å². The van der Waals surface area contributed by atoms with Gasteiger partial charge in [0.05, 0.1) is 25.3 Å². The van der Waals surface area contributed by atoms with Crippen molar-refractivity contribution >= 4 is 23.2 Å². The molecule has 0 heterocycles. The highest BCUT2D eigenvalue weighted by molar-refractivity contribution is 6.30. The summed E-state index contributed by atoms with van der Waals surface area (Å²) in [6.07, 6.45) is 0.659. The summed E-state index contributed by atoms with van der Waals surface area (Å²) in [5.41, 5.74) is 1.24. The van der Waals surface area contributed by atoms with E-state index in [-0.39, 0.29) is 18.9 Å². The third-order valence-electron chi connectivity index (χ3n) is 2.25. The maximum Gasteiger partial charge on any atom is 0.226 e. The van der Waals surface area contributed by atoms with E-state index in [9.17, 15) is 4.79 Å². The van der Waals surface area contributed by atoms with Crippen molar-refractivity contribution in [2.75, 3.05) is 25.6 Å². The molecule has 0 radical (unpaired) electrons. The molecule has 0 saturated carbocycles. The topological polar surface area (TPSA) is 58.6 Å². The molecular weight excluding hydrogens is 266 g/mol. The summed E-state index contributed by atoms with van der Waals surface area (Å²) in [5.74, 6) is 5.53. The molecule has 0 saturated heterocycles. The molecule has 0 aliphatic heterocycles. The molecule has 1 rings (SSSR count). The quantitative estimate of drug-likeness (QED) is 0.812. The van der Waals surface area contributed by atoms with Crippen LogP contribution in [-0.4, -0.2) is 31.3 Å². The Morgan fingerprint density at radius 2 is 2.32 bits per heavy atom. The highest BCUT2D eigenvalue weighted by Gasteiger charge is 2.06. The second kappa shape index (κ2) is 8.54. The van der Waals surface area contributed by atoms with Gasteiger partial charge < -0.3 is 15.2 Å². The molecule has 0 unspecified atom stereocenters. The van der Waals surface area contributed by atoms with Gasteiger partial charge in [-0.05, 0) is 18.2 Å². The third kappa shape index (κ3) is 5.75. The number of benzene rings is 1. The predicted molar refractivity (Wildman–Crippen MR) is 75.2 cm³/mol. The van der Waals surface area contributed by atoms with Gasteiger partial charge in [0.1, 0.15) is 0 Å². The summed E-state index contributed by atoms with van der Waals surface area (Å²) in [4.78, 5) is 11.6. The first kappa shape index (κ1) is 15.5. The fraction of sp³-hybridized carbons (Fsp3) is 0.357. The molecule has 19 heavy (non-hydrogen) atoms. The Hall–Kier alpha value is -1.54. The molecule has 2 N–H and O–H groups in total. The zero-order valence-corrected chi connectivity index (χ0v) is 11.5. The molecular formula is C14H16ClNO3. The lowest BCUT2D eigenvalue weighted by atomic mass is 10.1. The number of hydrogen-bond acceptors (Lipinski definition) is 3. The standard InChI is InChI=1S/C14H16ClNO3/c1-19-9-7-14(18)16-13-6-5-12(15)10-11(13)4-2-3-8-17/h5-6,10,17H,3,7-9H2,1H3,(H,16,18). The Labute approximate surface area is 117 Å². The number of aliphatic hydroxyl groups excluding tert-OH is 1. The van der Waals surface area contributed by atoms with E-state index in [1.54, 1.807) is 25.3 Å². The number of amides is 1. The minimum Gasteiger partial charge on any atom is -0.395 e. The minimum atomic E-state index is -0.144. The lowest BCUT2D eigenvalue weighted by Gasteiger charge is -2.07. The number of carbonyl (C=O) groups excluding carboxylic acids is 1. The number of anilines is 1. The third-order valence-corrected chi connectivity index (χ3v) is 2.48. The molecule has 102 valence electrons. The maximum atomic E-state index is 11.6. The molecule has 0 fully saturated rings. The molecule has 0 aromatic heterocycles. The van der Waals surface area contributed by atoms with Gasteiger partial charge in [-0.15, -0.1) is 0 Å². The highest BCUT2D eigenvalue weighted by atomic mass is 35.5. The van der Waals surface area contributed by atoms with Crippen LogP contribution in [0.1, 0.15) is 18.4 Å². The largest absolute Gasteiger partial charge is 0.395 e. The molecule has 0 bridgehead atoms. The molecule has 0 aliphatic carbocycles. The predicted octanol–water partition coefficient (Wildman–Crippen LogP) is 2.05. The summed E-state index contributed by atoms with van der Waals surface area (Å²) in [7, 11) is 1.54. The van der Waals surface area contributed by atoms with Crippen molar-refractivity contribution in [3.8, 4) is 11.8 Å². The van der Waals surface area contributed by atoms with Gasteiger partial charge in [-0.2, -0.15) is 0 Å². The Morgan fingerprint density at radius 1 is 1.53 bits per heavy atom. The van der Waals surface area contributed by atoms with Crippen molar-refractivity contribution in [2.24, 2.45) is 0 Å². The van der Waals surface area contributed by atoms with Crippen LogP contribution in [-0.2, 0) is 9.53 Å². The monoisotopic (exact) mass is 281 g/mol. The fourth-order valence-electron chi connectivity index (χ4n) is 1.35. The van der Waals surface area contributed by atoms with Crippen LogP contribution in [0.15, 0.2) is 18.2 Å². The van der Waals surface area contributed by atoms with Crippen molar-refractivity contribution in [1.29, 1.82) is 0 Å². The van der Waals surface area contributed by atoms with Crippen LogP contribution in [0.25, 0.3) is 0 Å². The van der Waals surface area contributed by atoms with Crippen LogP contribution < -0.4 is 5.32 Å². The van der Waals surface area contributed by atoms with Crippen LogP contribution in [0.2, 0.25) is 5.02 Å². The first-order chi connectivity index (χ1) is 9.17. The van der Waals surface area contributed by atoms with Gasteiger partial charge in [-0.1, -0.05) is 23.4 Å². The number of aliphatic hydroxyl groups is 1. The van der Waals surface area contributed by atoms with Crippen molar-refractivity contribution < 1.29 is 14.6 Å². The summed E-state index contributed by atoms with van der Waals surface area (Å²) in [6, 6.07) is 5.07. The molecule has 0 atom stereocenters. The van der Waals surface area contributed by atoms with Crippen LogP contribution in [0.3, 0.4) is 0 Å². The number of ether oxygens (including phenoxy) is 1. The number of hydrogen-bond donors (Lipinski definition) is 2. The van der Waals surface area contributed by atoms with Crippen LogP contribution in [0.4, 0.5) is 5.69 Å². The van der Waals surface area contributed by atoms with Crippen molar-refractivity contribution in [3.63, 3.8) is 0 Å². The van der Waals surface area contributed by atoms with Gasteiger partial charge in [0.2, 0.25) is 5.91 Å². The van der Waals surface area contributed by atoms with Crippen LogP contribution in [0.5, 0.6) is 0 Å². The number of rotatable bonds is 5. The second-order valence-electron chi connectivity index (χ2n) is 3.76. The van der Waals surface area contributed by atoms with Crippen LogP contribution in [0, 0.1) is 11.8 Å². The maximum absolute atomic E-state index is 11.6. The van der Waals surface area contributed by atoms with E-state index in [4.69, 9.17) is 21.4 Å². The molecule has 0 spiro atoms. The molecule has 1 amide bonds. The van der Waals surface area contributed by atoms with Gasteiger partial charge in [0.25, 0.3) is 0 Å². The van der Waals surface area contributed by atoms with Crippen molar-refractivity contribution in [1.82, 2.24) is 0 Å². The van der Waals surface area contributed by atoms with Gasteiger partial charge in [-0.25, -0.2) is 0 Å². The molecule has 5 heteroatoms. The number of methoxy groups -OCH3 is 1. The van der Waals surface area contributed by atoms with E-state index >= 15 is 0 Å². The molecule has 1 aromatic carbocycles. The lowest BCUT2D eigenvalue weighted by molar-refractivity contribution is -0.117. The highest BCUT2D eigenvalue weighted by Crippen LogP contribution is 2.20. The second-order valence-corrected chi connectivity index (χ2v) is 4.19. The van der Waals surface area contributed by atoms with Crippen molar-refractivity contribution in [2.45, 2.75) is 12.8 Å². The van der Waals surface area contributed by atoms with E-state index in [1.165, 1.54) is 0 Å². The smallest absolute Gasteiger partial charge is 0.226 e. The van der Waals surface area contributed by atoms with Crippen molar-refractivity contribution in [3.05, 3.63) is 28.8 Å². The summed E-state index contributed by atoms with van der Waals surface area (Å²) in [5, 5.41) is 12.0. The van der Waals surface area contributed by atoms with E-state index < -0.39 is 0 Å². The van der Waals surface area contributed by atoms with E-state index in [0.717, 1.165) is 0 Å². The Kier molecular flexibility index (Phi) is 6.98. The zero-order valence-electron chi connectivity index (χ0n) is 10.7. The van der Waals surface area contributed by atoms with Crippen LogP contribution >= 0.6 is 11.6 Å². The Bertz CT molecular complexity index is 491. The zero-order chi connectivity index (χ0) is 14.1. The molecule has 1 aromatic rings. The van der Waals surface area contributed by atoms with E-state index in [1.807, 2.05) is 0 Å². The minimum absolute atomic E-state index is 0.00307. The first-order valence-electron chi connectivity index (χ1n) is 5.85. The summed E-state index contributed by atoms with van der Waals surface area (Å²) >= 11 is 5.90. The van der Waals surface area contributed by atoms with E-state index in [2.05, 4.69) is 17.2 Å². The summed E-state index contributed by atoms with van der Waals surface area (Å²) < 4.78 is 4.84. The fourth-order valence-corrected chi connectivity index (χ4v) is 1.52. The number of carbonyl (C=O) groups is 1. The van der Waals surface area contributed by atoms with E-state index in [0.29, 0.717) is 29.3 Å². The molecule has 0 aliphatic rings. The number of nitrogens with one attached hydrogen (secondary N) is 1. The Morgan fingerprint density at radius 3 is 3.00 bits per heavy atom. The average molecular weight is 282 g/mol. The van der Waals surface area contributed by atoms with Gasteiger partial charge in [0.15, 0.2) is 0 Å². The lowest BCUT2D eigenvalue weighted by Crippen LogP contribution is -2.14. The first-order valence-corrected chi connectivity index (χ1v) is 6.23. The SMILES string of the molecule is COCCC(=O)Nc1ccc(Cl)cc1C#CCCO. The van der Waals surface area contributed by atoms with Gasteiger partial charge in [-0.3, -0.25) is 4.79 Å². The molecule has 4 nitrogen and oxygen atoms in total. The normalized spacial score (nSPS) is 9.63.